The van der Waals surface area contributed by atoms with Gasteiger partial charge < -0.3 is 4.42 Å². The first-order valence-corrected chi connectivity index (χ1v) is 14.6. The van der Waals surface area contributed by atoms with E-state index in [9.17, 15) is 16.8 Å². The Balaban J connectivity index is 1.52. The van der Waals surface area contributed by atoms with Crippen molar-refractivity contribution in [1.82, 2.24) is 0 Å². The number of hydrogen-bond donors (Lipinski definition) is 2. The maximum absolute atomic E-state index is 13.3. The molecule has 180 valence electrons. The van der Waals surface area contributed by atoms with E-state index in [1.54, 1.807) is 49.4 Å². The molecular weight excluding hydrogens is 551 g/mol. The summed E-state index contributed by atoms with van der Waals surface area (Å²) in [5, 5.41) is 1.73. The van der Waals surface area contributed by atoms with Gasteiger partial charge in [0.1, 0.15) is 9.79 Å². The highest BCUT2D eigenvalue weighted by Crippen LogP contribution is 2.38. The summed E-state index contributed by atoms with van der Waals surface area (Å²) < 4.78 is 63.9. The van der Waals surface area contributed by atoms with Gasteiger partial charge in [-0.15, -0.1) is 11.3 Å². The van der Waals surface area contributed by atoms with Crippen molar-refractivity contribution in [1.29, 1.82) is 0 Å². The van der Waals surface area contributed by atoms with Crippen molar-refractivity contribution < 1.29 is 21.3 Å². The average Bonchev–Trinajstić information content (AvgIpc) is 3.38. The van der Waals surface area contributed by atoms with Gasteiger partial charge in [-0.05, 0) is 60.3 Å². The Morgan fingerprint density at radius 1 is 0.800 bits per heavy atom. The topological polar surface area (TPSA) is 105 Å². The number of hydrogen-bond acceptors (Lipinski definition) is 6. The van der Waals surface area contributed by atoms with Crippen LogP contribution in [0.4, 0.5) is 11.4 Å². The minimum absolute atomic E-state index is 0.00368. The molecule has 0 spiro atoms. The van der Waals surface area contributed by atoms with E-state index in [4.69, 9.17) is 27.6 Å². The smallest absolute Gasteiger partial charge is 0.295 e. The average molecular weight is 567 g/mol. The third kappa shape index (κ3) is 4.60. The number of anilines is 2. The minimum atomic E-state index is -4.19. The summed E-state index contributed by atoms with van der Waals surface area (Å²) in [4.78, 5) is 0. The summed E-state index contributed by atoms with van der Waals surface area (Å²) in [5.74, 6) is 0. The van der Waals surface area contributed by atoms with E-state index in [2.05, 4.69) is 9.44 Å². The normalized spacial score (nSPS) is 12.3. The zero-order valence-corrected chi connectivity index (χ0v) is 21.8. The van der Waals surface area contributed by atoms with Crippen molar-refractivity contribution in [3.63, 3.8) is 0 Å². The molecule has 2 heterocycles. The zero-order chi connectivity index (χ0) is 25.0. The molecule has 0 unspecified atom stereocenters. The molecule has 5 rings (SSSR count). The quantitative estimate of drug-likeness (QED) is 0.233. The molecule has 0 aliphatic heterocycles. The first-order valence-electron chi connectivity index (χ1n) is 10.1. The predicted molar refractivity (Wildman–Crippen MR) is 141 cm³/mol. The molecule has 0 bridgehead atoms. The first kappa shape index (κ1) is 24.0. The molecule has 0 saturated heterocycles. The highest BCUT2D eigenvalue weighted by Gasteiger charge is 2.26. The van der Waals surface area contributed by atoms with Gasteiger partial charge >= 0.3 is 0 Å². The van der Waals surface area contributed by atoms with Gasteiger partial charge in [-0.1, -0.05) is 41.4 Å². The van der Waals surface area contributed by atoms with Crippen molar-refractivity contribution >= 4 is 87.0 Å². The summed E-state index contributed by atoms with van der Waals surface area (Å²) in [5.41, 5.74) is 0.894. The van der Waals surface area contributed by atoms with Crippen molar-refractivity contribution in [3.05, 3.63) is 82.3 Å². The second kappa shape index (κ2) is 8.72. The van der Waals surface area contributed by atoms with E-state index < -0.39 is 20.0 Å². The van der Waals surface area contributed by atoms with Crippen LogP contribution in [0.5, 0.6) is 0 Å². The molecule has 0 fully saturated rings. The maximum Gasteiger partial charge on any atom is 0.295 e. The Labute approximate surface area is 215 Å². The van der Waals surface area contributed by atoms with Gasteiger partial charge in [0.2, 0.25) is 5.09 Å². The molecule has 0 aliphatic rings. The van der Waals surface area contributed by atoms with Crippen LogP contribution >= 0.6 is 34.5 Å². The number of benzene rings is 3. The van der Waals surface area contributed by atoms with E-state index in [1.807, 2.05) is 0 Å². The van der Waals surface area contributed by atoms with Crippen LogP contribution in [0.1, 0.15) is 5.56 Å². The number of para-hydroxylation sites is 1. The van der Waals surface area contributed by atoms with Crippen LogP contribution in [0.25, 0.3) is 21.1 Å². The van der Waals surface area contributed by atoms with Crippen molar-refractivity contribution in [2.75, 3.05) is 9.44 Å². The zero-order valence-electron chi connectivity index (χ0n) is 17.9. The van der Waals surface area contributed by atoms with Crippen molar-refractivity contribution in [3.8, 4) is 0 Å². The third-order valence-electron chi connectivity index (χ3n) is 5.24. The SMILES string of the molecule is Cc1c(S(=O)(=O)Nc2ccc(Cl)cc2NS(=O)(=O)c2cc3ccccc3o2)sc2ccc(Cl)cc12. The lowest BCUT2D eigenvalue weighted by Gasteiger charge is -2.14. The lowest BCUT2D eigenvalue weighted by atomic mass is 10.2. The van der Waals surface area contributed by atoms with Gasteiger partial charge in [0, 0.05) is 26.2 Å². The molecule has 5 aromatic rings. The third-order valence-corrected chi connectivity index (χ3v) is 10.2. The summed E-state index contributed by atoms with van der Waals surface area (Å²) in [6.45, 7) is 1.69. The van der Waals surface area contributed by atoms with E-state index in [1.165, 1.54) is 24.3 Å². The Morgan fingerprint density at radius 3 is 2.26 bits per heavy atom. The number of nitrogens with one attached hydrogen (secondary N) is 2. The summed E-state index contributed by atoms with van der Waals surface area (Å²) in [6.07, 6.45) is 0. The van der Waals surface area contributed by atoms with Crippen LogP contribution in [0, 0.1) is 6.92 Å². The molecule has 12 heteroatoms. The van der Waals surface area contributed by atoms with Gasteiger partial charge in [0.05, 0.1) is 11.4 Å². The van der Waals surface area contributed by atoms with Crippen molar-refractivity contribution in [2.45, 2.75) is 16.2 Å². The molecule has 3 aromatic carbocycles. The molecule has 2 aromatic heterocycles. The molecule has 0 saturated carbocycles. The number of thiophene rings is 1. The second-order valence-corrected chi connectivity index (χ2v) is 13.1. The van der Waals surface area contributed by atoms with Gasteiger partial charge in [-0.3, -0.25) is 9.44 Å². The molecule has 0 atom stereocenters. The van der Waals surface area contributed by atoms with Gasteiger partial charge in [0.15, 0.2) is 0 Å². The highest BCUT2D eigenvalue weighted by molar-refractivity contribution is 7.95. The Kier molecular flexibility index (Phi) is 5.97. The number of fused-ring (bicyclic) bond motifs is 2. The van der Waals surface area contributed by atoms with Crippen LogP contribution in [0.2, 0.25) is 10.0 Å². The Bertz CT molecular complexity index is 1790. The molecule has 7 nitrogen and oxygen atoms in total. The molecule has 0 aliphatic carbocycles. The molecular formula is C23H16Cl2N2O5S3. The summed E-state index contributed by atoms with van der Waals surface area (Å²) in [7, 11) is -8.26. The summed E-state index contributed by atoms with van der Waals surface area (Å²) >= 11 is 13.3. The molecule has 0 radical (unpaired) electrons. The lowest BCUT2D eigenvalue weighted by Crippen LogP contribution is -2.17. The van der Waals surface area contributed by atoms with Crippen LogP contribution in [-0.2, 0) is 20.0 Å². The number of sulfonamides is 2. The molecule has 0 amide bonds. The number of furan rings is 1. The predicted octanol–water partition coefficient (Wildman–Crippen LogP) is 6.86. The first-order chi connectivity index (χ1) is 16.5. The minimum Gasteiger partial charge on any atom is -0.443 e. The lowest BCUT2D eigenvalue weighted by molar-refractivity contribution is 0.484. The maximum atomic E-state index is 13.3. The van der Waals surface area contributed by atoms with E-state index in [-0.39, 0.29) is 25.7 Å². The van der Waals surface area contributed by atoms with Crippen LogP contribution in [-0.4, -0.2) is 16.8 Å². The fourth-order valence-electron chi connectivity index (χ4n) is 3.59. The van der Waals surface area contributed by atoms with Crippen LogP contribution in [0.15, 0.2) is 80.4 Å². The fourth-order valence-corrected chi connectivity index (χ4v) is 7.81. The summed E-state index contributed by atoms with van der Waals surface area (Å²) in [6, 6.07) is 17.5. The molecule has 2 N–H and O–H groups in total. The van der Waals surface area contributed by atoms with Gasteiger partial charge in [0.25, 0.3) is 20.0 Å². The van der Waals surface area contributed by atoms with Crippen molar-refractivity contribution in [2.24, 2.45) is 0 Å². The van der Waals surface area contributed by atoms with E-state index >= 15 is 0 Å². The number of rotatable bonds is 6. The standard InChI is InChI=1S/C23H16Cl2N2O5S3/c1-13-17-11-15(24)7-9-21(17)33-23(13)35(30,31)26-18-8-6-16(25)12-19(18)27-34(28,29)22-10-14-4-2-3-5-20(14)32-22/h2-12,26-27H,1H3. The number of halogens is 2. The van der Waals surface area contributed by atoms with Crippen LogP contribution < -0.4 is 9.44 Å². The Morgan fingerprint density at radius 2 is 1.49 bits per heavy atom. The number of aryl methyl sites for hydroxylation is 1. The highest BCUT2D eigenvalue weighted by atomic mass is 35.5. The van der Waals surface area contributed by atoms with Gasteiger partial charge in [-0.2, -0.15) is 8.42 Å². The van der Waals surface area contributed by atoms with Crippen LogP contribution in [0.3, 0.4) is 0 Å². The largest absolute Gasteiger partial charge is 0.443 e. The van der Waals surface area contributed by atoms with E-state index in [0.29, 0.717) is 21.6 Å². The monoisotopic (exact) mass is 566 g/mol. The van der Waals surface area contributed by atoms with E-state index in [0.717, 1.165) is 21.4 Å². The molecule has 35 heavy (non-hydrogen) atoms. The fraction of sp³-hybridized carbons (Fsp3) is 0.0435. The van der Waals surface area contributed by atoms with Gasteiger partial charge in [-0.25, -0.2) is 8.42 Å². The second-order valence-electron chi connectivity index (χ2n) is 7.66. The Hall–Kier alpha value is -2.76.